The first-order valence-electron chi connectivity index (χ1n) is 7.24. The summed E-state index contributed by atoms with van der Waals surface area (Å²) in [5.41, 5.74) is 1.52. The number of hydrogen-bond acceptors (Lipinski definition) is 4. The van der Waals surface area contributed by atoms with Gasteiger partial charge in [-0.15, -0.1) is 0 Å². The Kier molecular flexibility index (Phi) is 4.71. The fourth-order valence-electron chi connectivity index (χ4n) is 2.01. The highest BCUT2D eigenvalue weighted by Crippen LogP contribution is 2.15. The number of nitrogens with one attached hydrogen (secondary N) is 1. The fourth-order valence-corrected chi connectivity index (χ4v) is 2.01. The maximum atomic E-state index is 12.2. The van der Waals surface area contributed by atoms with Gasteiger partial charge in [-0.3, -0.25) is 9.63 Å². The number of nitrogens with zero attached hydrogens (tertiary/aromatic N) is 1. The van der Waals surface area contributed by atoms with Crippen LogP contribution in [0.25, 0.3) is 0 Å². The number of alkyl carbamates (subject to hydrolysis) is 1. The molecule has 1 N–H and O–H groups in total. The van der Waals surface area contributed by atoms with Gasteiger partial charge in [0.05, 0.1) is 6.54 Å². The summed E-state index contributed by atoms with van der Waals surface area (Å²) in [5.74, 6) is -0.272. The molecule has 120 valence electrons. The van der Waals surface area contributed by atoms with Gasteiger partial charge in [0, 0.05) is 0 Å². The van der Waals surface area contributed by atoms with Crippen molar-refractivity contribution in [1.29, 1.82) is 0 Å². The molecule has 1 fully saturated rings. The number of amides is 2. The maximum Gasteiger partial charge on any atom is 0.408 e. The second-order valence-corrected chi connectivity index (χ2v) is 6.36. The lowest BCUT2D eigenvalue weighted by molar-refractivity contribution is -0.164. The van der Waals surface area contributed by atoms with E-state index in [1.807, 2.05) is 31.2 Å². The molecule has 0 spiro atoms. The number of carbonyl (C=O) groups excluding carboxylic acids is 2. The molecule has 0 aliphatic carbocycles. The van der Waals surface area contributed by atoms with Crippen LogP contribution >= 0.6 is 0 Å². The highest BCUT2D eigenvalue weighted by atomic mass is 16.7. The average Bonchev–Trinajstić information content (AvgIpc) is 2.72. The van der Waals surface area contributed by atoms with Crippen LogP contribution in [0.15, 0.2) is 24.3 Å². The molecule has 0 aromatic heterocycles. The van der Waals surface area contributed by atoms with Gasteiger partial charge in [0.2, 0.25) is 0 Å². The monoisotopic (exact) mass is 306 g/mol. The lowest BCUT2D eigenvalue weighted by atomic mass is 10.1. The van der Waals surface area contributed by atoms with E-state index in [9.17, 15) is 9.59 Å². The van der Waals surface area contributed by atoms with Crippen molar-refractivity contribution in [2.75, 3.05) is 6.61 Å². The number of carbonyl (C=O) groups is 2. The Hall–Kier alpha value is -2.08. The Balaban J connectivity index is 1.89. The maximum absolute atomic E-state index is 12.2. The van der Waals surface area contributed by atoms with Crippen LogP contribution < -0.4 is 5.32 Å². The zero-order valence-electron chi connectivity index (χ0n) is 13.4. The highest BCUT2D eigenvalue weighted by molar-refractivity contribution is 5.86. The summed E-state index contributed by atoms with van der Waals surface area (Å²) in [6, 6.07) is 7.14. The third kappa shape index (κ3) is 4.46. The number of aryl methyl sites for hydroxylation is 1. The smallest absolute Gasteiger partial charge is 0.408 e. The first-order chi connectivity index (χ1) is 10.2. The third-order valence-electron chi connectivity index (χ3n) is 3.08. The van der Waals surface area contributed by atoms with E-state index in [1.165, 1.54) is 5.06 Å². The van der Waals surface area contributed by atoms with Crippen LogP contribution in [0.3, 0.4) is 0 Å². The molecule has 22 heavy (non-hydrogen) atoms. The molecule has 1 heterocycles. The van der Waals surface area contributed by atoms with E-state index in [1.54, 1.807) is 20.8 Å². The predicted octanol–water partition coefficient (Wildman–Crippen LogP) is 2.16. The average molecular weight is 306 g/mol. The van der Waals surface area contributed by atoms with E-state index in [0.29, 0.717) is 6.54 Å². The normalized spacial score (nSPS) is 18.5. The summed E-state index contributed by atoms with van der Waals surface area (Å²) in [4.78, 5) is 29.3. The van der Waals surface area contributed by atoms with Gasteiger partial charge in [-0.1, -0.05) is 29.8 Å². The van der Waals surface area contributed by atoms with Gasteiger partial charge in [-0.25, -0.2) is 9.86 Å². The molecule has 6 heteroatoms. The van der Waals surface area contributed by atoms with Gasteiger partial charge in [0.15, 0.2) is 0 Å². The van der Waals surface area contributed by atoms with Gasteiger partial charge < -0.3 is 10.1 Å². The van der Waals surface area contributed by atoms with Crippen molar-refractivity contribution in [3.63, 3.8) is 0 Å². The van der Waals surface area contributed by atoms with E-state index in [0.717, 1.165) is 11.1 Å². The zero-order valence-corrected chi connectivity index (χ0v) is 13.4. The largest absolute Gasteiger partial charge is 0.444 e. The van der Waals surface area contributed by atoms with Crippen molar-refractivity contribution in [3.05, 3.63) is 35.4 Å². The molecule has 0 bridgehead atoms. The molecule has 1 saturated heterocycles. The quantitative estimate of drug-likeness (QED) is 0.929. The zero-order chi connectivity index (χ0) is 16.3. The minimum absolute atomic E-state index is 0.115. The van der Waals surface area contributed by atoms with Crippen molar-refractivity contribution in [1.82, 2.24) is 10.4 Å². The number of rotatable bonds is 3. The SMILES string of the molecule is Cc1ccc(CN2OCC(NC(=O)OC(C)(C)C)C2=O)cc1. The Labute approximate surface area is 130 Å². The van der Waals surface area contributed by atoms with Crippen molar-refractivity contribution in [2.24, 2.45) is 0 Å². The van der Waals surface area contributed by atoms with E-state index >= 15 is 0 Å². The molecular formula is C16H22N2O4. The molecule has 0 radical (unpaired) electrons. The molecular weight excluding hydrogens is 284 g/mol. The van der Waals surface area contributed by atoms with Crippen LogP contribution in [0.4, 0.5) is 4.79 Å². The number of benzene rings is 1. The summed E-state index contributed by atoms with van der Waals surface area (Å²) in [7, 11) is 0. The topological polar surface area (TPSA) is 67.9 Å². The molecule has 1 aliphatic rings. The Morgan fingerprint density at radius 2 is 2.00 bits per heavy atom. The number of hydrogen-bond donors (Lipinski definition) is 1. The van der Waals surface area contributed by atoms with Gasteiger partial charge in [-0.2, -0.15) is 0 Å². The lowest BCUT2D eigenvalue weighted by Gasteiger charge is -2.20. The minimum Gasteiger partial charge on any atom is -0.444 e. The van der Waals surface area contributed by atoms with Crippen LogP contribution in [0.5, 0.6) is 0 Å². The molecule has 2 rings (SSSR count). The van der Waals surface area contributed by atoms with Gasteiger partial charge in [0.1, 0.15) is 18.2 Å². The van der Waals surface area contributed by atoms with Crippen LogP contribution in [0.1, 0.15) is 31.9 Å². The van der Waals surface area contributed by atoms with E-state index in [4.69, 9.17) is 9.57 Å². The van der Waals surface area contributed by atoms with Crippen LogP contribution in [0.2, 0.25) is 0 Å². The van der Waals surface area contributed by atoms with Crippen molar-refractivity contribution in [3.8, 4) is 0 Å². The summed E-state index contributed by atoms with van der Waals surface area (Å²) >= 11 is 0. The first kappa shape index (κ1) is 16.3. The molecule has 1 atom stereocenters. The summed E-state index contributed by atoms with van der Waals surface area (Å²) in [6.45, 7) is 7.77. The van der Waals surface area contributed by atoms with Gasteiger partial charge in [0.25, 0.3) is 5.91 Å². The molecule has 0 saturated carbocycles. The van der Waals surface area contributed by atoms with E-state index < -0.39 is 17.7 Å². The van der Waals surface area contributed by atoms with Crippen LogP contribution in [-0.2, 0) is 20.9 Å². The van der Waals surface area contributed by atoms with Gasteiger partial charge in [-0.05, 0) is 33.3 Å². The fraction of sp³-hybridized carbons (Fsp3) is 0.500. The Morgan fingerprint density at radius 3 is 2.59 bits per heavy atom. The lowest BCUT2D eigenvalue weighted by Crippen LogP contribution is -2.44. The van der Waals surface area contributed by atoms with Crippen molar-refractivity contribution in [2.45, 2.75) is 45.9 Å². The third-order valence-corrected chi connectivity index (χ3v) is 3.08. The van der Waals surface area contributed by atoms with Crippen LogP contribution in [-0.4, -0.2) is 35.3 Å². The molecule has 1 aromatic carbocycles. The standard InChI is InChI=1S/C16H22N2O4/c1-11-5-7-12(8-6-11)9-18-14(19)13(10-21-18)17-15(20)22-16(2,3)4/h5-8,13H,9-10H2,1-4H3,(H,17,20). The number of ether oxygens (including phenoxy) is 1. The highest BCUT2D eigenvalue weighted by Gasteiger charge is 2.35. The van der Waals surface area contributed by atoms with E-state index in [-0.39, 0.29) is 12.5 Å². The molecule has 2 amide bonds. The van der Waals surface area contributed by atoms with Crippen molar-refractivity contribution < 1.29 is 19.2 Å². The number of hydroxylamine groups is 2. The van der Waals surface area contributed by atoms with Gasteiger partial charge >= 0.3 is 6.09 Å². The Bertz CT molecular complexity index is 548. The predicted molar refractivity (Wildman–Crippen MR) is 80.8 cm³/mol. The minimum atomic E-state index is -0.708. The van der Waals surface area contributed by atoms with Crippen molar-refractivity contribution >= 4 is 12.0 Å². The van der Waals surface area contributed by atoms with E-state index in [2.05, 4.69) is 5.32 Å². The molecule has 6 nitrogen and oxygen atoms in total. The second-order valence-electron chi connectivity index (χ2n) is 6.36. The summed E-state index contributed by atoms with van der Waals surface area (Å²) in [5, 5.41) is 3.80. The second kappa shape index (κ2) is 6.36. The Morgan fingerprint density at radius 1 is 1.36 bits per heavy atom. The summed E-state index contributed by atoms with van der Waals surface area (Å²) < 4.78 is 5.14. The first-order valence-corrected chi connectivity index (χ1v) is 7.24. The van der Waals surface area contributed by atoms with Crippen LogP contribution in [0, 0.1) is 6.92 Å². The molecule has 1 aliphatic heterocycles. The molecule has 1 unspecified atom stereocenters. The molecule has 1 aromatic rings. The summed E-state index contributed by atoms with van der Waals surface area (Å²) in [6.07, 6.45) is -0.619.